The van der Waals surface area contributed by atoms with Gasteiger partial charge in [-0.15, -0.1) is 20.4 Å². The van der Waals surface area contributed by atoms with E-state index in [1.807, 2.05) is 32.6 Å². The fourth-order valence-corrected chi connectivity index (χ4v) is 4.85. The number of halogens is 3. The van der Waals surface area contributed by atoms with Crippen LogP contribution in [0.15, 0.2) is 22.4 Å². The third kappa shape index (κ3) is 6.30. The lowest BCUT2D eigenvalue weighted by atomic mass is 9.93. The molecule has 1 aromatic heterocycles. The Morgan fingerprint density at radius 1 is 1.28 bits per heavy atom. The fraction of sp³-hybridized carbons (Fsp3) is 0.571. The molecular formula is C21H27F3N6O4S2. The minimum atomic E-state index is -5.70. The number of alkyl halides is 3. The van der Waals surface area contributed by atoms with Crippen molar-refractivity contribution >= 4 is 49.5 Å². The lowest BCUT2D eigenvalue weighted by Gasteiger charge is -2.38. The van der Waals surface area contributed by atoms with Crippen molar-refractivity contribution in [3.63, 3.8) is 0 Å². The molecule has 10 nitrogen and oxygen atoms in total. The lowest BCUT2D eigenvalue weighted by Crippen LogP contribution is -2.39. The van der Waals surface area contributed by atoms with E-state index in [-0.39, 0.29) is 40.1 Å². The molecule has 0 saturated heterocycles. The van der Waals surface area contributed by atoms with Crippen molar-refractivity contribution < 1.29 is 31.1 Å². The molecule has 0 spiro atoms. The summed E-state index contributed by atoms with van der Waals surface area (Å²) in [6.45, 7) is 8.48. The van der Waals surface area contributed by atoms with E-state index >= 15 is 0 Å². The third-order valence-electron chi connectivity index (χ3n) is 5.44. The molecule has 198 valence electrons. The molecule has 1 aliphatic heterocycles. The van der Waals surface area contributed by atoms with Crippen molar-refractivity contribution in [1.29, 1.82) is 0 Å². The first kappa shape index (κ1) is 27.8. The van der Waals surface area contributed by atoms with Crippen LogP contribution in [-0.2, 0) is 21.2 Å². The SMILES string of the molecule is CCC1CCc2cc(N=Nc3nnc(C(=O)OCC(C)C)s3)c(NS(=O)(=O)C(F)(F)F)cc2N1CC. The summed E-state index contributed by atoms with van der Waals surface area (Å²) in [7, 11) is -5.70. The predicted octanol–water partition coefficient (Wildman–Crippen LogP) is 5.58. The minimum Gasteiger partial charge on any atom is -0.460 e. The van der Waals surface area contributed by atoms with Gasteiger partial charge in [-0.3, -0.25) is 4.72 Å². The Bertz CT molecular complexity index is 1230. The van der Waals surface area contributed by atoms with Gasteiger partial charge >= 0.3 is 21.5 Å². The molecular weight excluding hydrogens is 521 g/mol. The van der Waals surface area contributed by atoms with Crippen LogP contribution >= 0.6 is 11.3 Å². The molecule has 0 aliphatic carbocycles. The number of sulfonamides is 1. The second-order valence-electron chi connectivity index (χ2n) is 8.52. The zero-order valence-electron chi connectivity index (χ0n) is 20.2. The molecule has 1 aliphatic rings. The Morgan fingerprint density at radius 2 is 2.00 bits per heavy atom. The van der Waals surface area contributed by atoms with Gasteiger partial charge in [0.1, 0.15) is 5.69 Å². The van der Waals surface area contributed by atoms with Gasteiger partial charge < -0.3 is 9.64 Å². The van der Waals surface area contributed by atoms with Gasteiger partial charge in [0.25, 0.3) is 5.13 Å². The van der Waals surface area contributed by atoms with Crippen LogP contribution in [0.1, 0.15) is 55.9 Å². The zero-order chi connectivity index (χ0) is 26.7. The van der Waals surface area contributed by atoms with Crippen LogP contribution < -0.4 is 9.62 Å². The Kier molecular flexibility index (Phi) is 8.54. The van der Waals surface area contributed by atoms with Crippen molar-refractivity contribution in [2.45, 2.75) is 58.5 Å². The van der Waals surface area contributed by atoms with Crippen molar-refractivity contribution in [1.82, 2.24) is 10.2 Å². The normalized spacial score (nSPS) is 16.4. The highest BCUT2D eigenvalue weighted by atomic mass is 32.2. The minimum absolute atomic E-state index is 0.0462. The summed E-state index contributed by atoms with van der Waals surface area (Å²) in [5.74, 6) is -0.555. The van der Waals surface area contributed by atoms with Crippen LogP contribution in [0, 0.1) is 5.92 Å². The van der Waals surface area contributed by atoms with Crippen molar-refractivity contribution in [3.05, 3.63) is 22.7 Å². The lowest BCUT2D eigenvalue weighted by molar-refractivity contribution is -0.0429. The van der Waals surface area contributed by atoms with Gasteiger partial charge in [-0.2, -0.15) is 21.6 Å². The third-order valence-corrected chi connectivity index (χ3v) is 7.32. The second-order valence-corrected chi connectivity index (χ2v) is 11.1. The van der Waals surface area contributed by atoms with Crippen molar-refractivity contribution in [2.24, 2.45) is 16.1 Å². The summed E-state index contributed by atoms with van der Waals surface area (Å²) < 4.78 is 69.8. The van der Waals surface area contributed by atoms with E-state index in [0.717, 1.165) is 29.7 Å². The number of carbonyl (C=O) groups is 1. The van der Waals surface area contributed by atoms with E-state index in [2.05, 4.69) is 20.4 Å². The summed E-state index contributed by atoms with van der Waals surface area (Å²) in [6.07, 6.45) is 2.31. The van der Waals surface area contributed by atoms with Gasteiger partial charge in [0, 0.05) is 18.3 Å². The number of anilines is 2. The number of fused-ring (bicyclic) bond motifs is 1. The molecule has 15 heteroatoms. The van der Waals surface area contributed by atoms with Crippen LogP contribution in [0.25, 0.3) is 0 Å². The van der Waals surface area contributed by atoms with Gasteiger partial charge in [0.15, 0.2) is 0 Å². The Hall–Kier alpha value is -2.81. The molecule has 1 atom stereocenters. The largest absolute Gasteiger partial charge is 0.516 e. The number of hydrogen-bond acceptors (Lipinski definition) is 10. The summed E-state index contributed by atoms with van der Waals surface area (Å²) in [4.78, 5) is 14.1. The van der Waals surface area contributed by atoms with Gasteiger partial charge in [-0.05, 0) is 49.8 Å². The van der Waals surface area contributed by atoms with E-state index in [0.29, 0.717) is 18.7 Å². The summed E-state index contributed by atoms with van der Waals surface area (Å²) in [6, 6.07) is 3.05. The Morgan fingerprint density at radius 3 is 2.61 bits per heavy atom. The molecule has 1 N–H and O–H groups in total. The van der Waals surface area contributed by atoms with E-state index in [9.17, 15) is 26.4 Å². The van der Waals surface area contributed by atoms with E-state index in [1.54, 1.807) is 4.72 Å². The topological polar surface area (TPSA) is 126 Å². The van der Waals surface area contributed by atoms with Crippen LogP contribution in [0.2, 0.25) is 0 Å². The maximum Gasteiger partial charge on any atom is 0.516 e. The number of nitrogens with zero attached hydrogens (tertiary/aromatic N) is 5. The molecule has 0 radical (unpaired) electrons. The standard InChI is InChI=1S/C21H27F3N6O4S2/c1-5-14-8-7-13-9-15(25-27-20-28-26-18(35-20)19(31)34-11-12(3)4)16(10-17(13)30(14)6-2)29-36(32,33)21(22,23)24/h9-10,12,14,29H,5-8,11H2,1-4H3. The smallest absolute Gasteiger partial charge is 0.460 e. The first-order valence-corrected chi connectivity index (χ1v) is 13.6. The fourth-order valence-electron chi connectivity index (χ4n) is 3.72. The molecule has 0 saturated carbocycles. The quantitative estimate of drug-likeness (QED) is 0.320. The molecule has 2 aromatic rings. The molecule has 36 heavy (non-hydrogen) atoms. The number of carbonyl (C=O) groups excluding carboxylic acids is 1. The molecule has 1 aromatic carbocycles. The average Bonchev–Trinajstić information content (AvgIpc) is 3.28. The summed E-state index contributed by atoms with van der Waals surface area (Å²) >= 11 is 0.787. The number of rotatable bonds is 9. The molecule has 0 fully saturated rings. The molecule has 0 amide bonds. The maximum atomic E-state index is 13.1. The Labute approximate surface area is 211 Å². The van der Waals surface area contributed by atoms with E-state index in [1.165, 1.54) is 12.1 Å². The zero-order valence-corrected chi connectivity index (χ0v) is 21.8. The van der Waals surface area contributed by atoms with Crippen LogP contribution in [0.5, 0.6) is 0 Å². The van der Waals surface area contributed by atoms with E-state index in [4.69, 9.17) is 4.74 Å². The summed E-state index contributed by atoms with van der Waals surface area (Å²) in [5.41, 5.74) is -4.56. The number of hydrogen-bond donors (Lipinski definition) is 1. The molecule has 3 rings (SSSR count). The number of esters is 1. The second kappa shape index (κ2) is 11.1. The predicted molar refractivity (Wildman–Crippen MR) is 130 cm³/mol. The molecule has 2 heterocycles. The molecule has 1 unspecified atom stereocenters. The average molecular weight is 549 g/mol. The highest BCUT2D eigenvalue weighted by Gasteiger charge is 2.46. The number of nitrogens with one attached hydrogen (secondary N) is 1. The number of aromatic nitrogens is 2. The van der Waals surface area contributed by atoms with Gasteiger partial charge in [-0.25, -0.2) is 4.79 Å². The first-order valence-electron chi connectivity index (χ1n) is 11.3. The van der Waals surface area contributed by atoms with Crippen LogP contribution in [0.4, 0.5) is 35.4 Å². The maximum absolute atomic E-state index is 13.1. The van der Waals surface area contributed by atoms with Crippen LogP contribution in [-0.4, -0.2) is 49.3 Å². The number of benzene rings is 1. The van der Waals surface area contributed by atoms with Gasteiger partial charge in [0.05, 0.1) is 12.3 Å². The number of ether oxygens (including phenoxy) is 1. The summed E-state index contributed by atoms with van der Waals surface area (Å²) in [5, 5.41) is 15.2. The van der Waals surface area contributed by atoms with Gasteiger partial charge in [-0.1, -0.05) is 32.1 Å². The van der Waals surface area contributed by atoms with Crippen molar-refractivity contribution in [3.8, 4) is 0 Å². The van der Waals surface area contributed by atoms with Crippen molar-refractivity contribution in [2.75, 3.05) is 22.8 Å². The first-order chi connectivity index (χ1) is 16.9. The van der Waals surface area contributed by atoms with E-state index < -0.39 is 21.5 Å². The number of azo groups is 1. The van der Waals surface area contributed by atoms with Gasteiger partial charge in [0.2, 0.25) is 5.01 Å². The Balaban J connectivity index is 1.98. The monoisotopic (exact) mass is 548 g/mol. The van der Waals surface area contributed by atoms with Crippen LogP contribution in [0.3, 0.4) is 0 Å². The molecule has 0 bridgehead atoms. The highest BCUT2D eigenvalue weighted by Crippen LogP contribution is 2.41. The highest BCUT2D eigenvalue weighted by molar-refractivity contribution is 7.93. The number of aryl methyl sites for hydroxylation is 1.